The molecule has 1 aliphatic heterocycles. The van der Waals surface area contributed by atoms with Crippen molar-refractivity contribution < 1.29 is 4.79 Å². The first-order valence-corrected chi connectivity index (χ1v) is 7.06. The highest BCUT2D eigenvalue weighted by Crippen LogP contribution is 2.33. The number of benzene rings is 1. The Bertz CT molecular complexity index is 356. The van der Waals surface area contributed by atoms with Crippen molar-refractivity contribution in [3.8, 4) is 0 Å². The van der Waals surface area contributed by atoms with Gasteiger partial charge in [-0.1, -0.05) is 29.8 Å². The van der Waals surface area contributed by atoms with Crippen LogP contribution in [0.15, 0.2) is 24.3 Å². The van der Waals surface area contributed by atoms with E-state index in [9.17, 15) is 4.79 Å². The predicted molar refractivity (Wildman–Crippen MR) is 70.0 cm³/mol. The van der Waals surface area contributed by atoms with Gasteiger partial charge in [-0.15, -0.1) is 0 Å². The van der Waals surface area contributed by atoms with Crippen molar-refractivity contribution in [2.45, 2.75) is 25.7 Å². The highest BCUT2D eigenvalue weighted by atomic mass is 32.2. The molecule has 1 saturated heterocycles. The maximum atomic E-state index is 11.3. The van der Waals surface area contributed by atoms with Crippen LogP contribution < -0.4 is 0 Å². The molecule has 2 rings (SSSR count). The summed E-state index contributed by atoms with van der Waals surface area (Å²) in [6, 6.07) is 8.38. The van der Waals surface area contributed by atoms with E-state index in [4.69, 9.17) is 0 Å². The first-order chi connectivity index (χ1) is 7.81. The normalized spacial score (nSPS) is 22.7. The number of carbonyl (C=O) groups is 1. The zero-order valence-electron chi connectivity index (χ0n) is 9.69. The van der Waals surface area contributed by atoms with Crippen LogP contribution in [0, 0.1) is 12.8 Å². The van der Waals surface area contributed by atoms with E-state index in [0.717, 1.165) is 12.0 Å². The van der Waals surface area contributed by atoms with Crippen LogP contribution in [0.1, 0.15) is 29.9 Å². The largest absolute Gasteiger partial charge is 0.303 e. The summed E-state index contributed by atoms with van der Waals surface area (Å²) in [6.45, 7) is 2.08. The van der Waals surface area contributed by atoms with Crippen LogP contribution >= 0.6 is 11.8 Å². The molecule has 2 heteroatoms. The van der Waals surface area contributed by atoms with Gasteiger partial charge in [-0.05, 0) is 42.8 Å². The molecule has 16 heavy (non-hydrogen) atoms. The van der Waals surface area contributed by atoms with Gasteiger partial charge in [0.05, 0.1) is 0 Å². The number of aldehydes is 1. The molecule has 1 aliphatic rings. The summed E-state index contributed by atoms with van der Waals surface area (Å²) in [5, 5.41) is 0. The highest BCUT2D eigenvalue weighted by Gasteiger charge is 2.24. The lowest BCUT2D eigenvalue weighted by Gasteiger charge is -2.26. The summed E-state index contributed by atoms with van der Waals surface area (Å²) < 4.78 is 0. The Labute approximate surface area is 102 Å². The van der Waals surface area contributed by atoms with Gasteiger partial charge in [-0.25, -0.2) is 0 Å². The van der Waals surface area contributed by atoms with E-state index >= 15 is 0 Å². The minimum absolute atomic E-state index is 0.104. The van der Waals surface area contributed by atoms with Gasteiger partial charge < -0.3 is 4.79 Å². The average molecular weight is 234 g/mol. The van der Waals surface area contributed by atoms with Gasteiger partial charge in [0.2, 0.25) is 0 Å². The molecule has 1 fully saturated rings. The van der Waals surface area contributed by atoms with Crippen LogP contribution in [0.2, 0.25) is 0 Å². The average Bonchev–Trinajstić information content (AvgIpc) is 2.31. The molecule has 1 nitrogen and oxygen atoms in total. The second-order valence-electron chi connectivity index (χ2n) is 4.55. The van der Waals surface area contributed by atoms with E-state index in [1.54, 1.807) is 0 Å². The molecule has 0 radical (unpaired) electrons. The van der Waals surface area contributed by atoms with Crippen LogP contribution in [0.5, 0.6) is 0 Å². The van der Waals surface area contributed by atoms with Gasteiger partial charge in [0.15, 0.2) is 0 Å². The molecule has 2 atom stereocenters. The Balaban J connectivity index is 2.17. The fourth-order valence-corrected chi connectivity index (χ4v) is 3.60. The maximum Gasteiger partial charge on any atom is 0.127 e. The topological polar surface area (TPSA) is 17.1 Å². The maximum absolute atomic E-state index is 11.3. The number of carbonyl (C=O) groups excluding carboxylic acids is 1. The summed E-state index contributed by atoms with van der Waals surface area (Å²) >= 11 is 1.99. The monoisotopic (exact) mass is 234 g/mol. The van der Waals surface area contributed by atoms with Gasteiger partial charge >= 0.3 is 0 Å². The van der Waals surface area contributed by atoms with Crippen LogP contribution in [0.4, 0.5) is 0 Å². The number of thioether (sulfide) groups is 1. The molecule has 0 amide bonds. The Morgan fingerprint density at radius 1 is 1.50 bits per heavy atom. The Morgan fingerprint density at radius 3 is 3.00 bits per heavy atom. The van der Waals surface area contributed by atoms with Crippen molar-refractivity contribution >= 4 is 18.0 Å². The Kier molecular flexibility index (Phi) is 4.05. The van der Waals surface area contributed by atoms with E-state index in [0.29, 0.717) is 5.92 Å². The number of hydrogen-bond donors (Lipinski definition) is 0. The van der Waals surface area contributed by atoms with E-state index in [1.165, 1.54) is 29.7 Å². The molecule has 0 saturated carbocycles. The fraction of sp³-hybridized carbons (Fsp3) is 0.500. The van der Waals surface area contributed by atoms with E-state index in [-0.39, 0.29) is 5.92 Å². The zero-order chi connectivity index (χ0) is 11.4. The molecule has 0 N–H and O–H groups in total. The Hall–Kier alpha value is -0.760. The lowest BCUT2D eigenvalue weighted by molar-refractivity contribution is -0.110. The van der Waals surface area contributed by atoms with Gasteiger partial charge in [0.25, 0.3) is 0 Å². The summed E-state index contributed by atoms with van der Waals surface area (Å²) in [5.41, 5.74) is 2.44. The summed E-state index contributed by atoms with van der Waals surface area (Å²) in [6.07, 6.45) is 3.60. The van der Waals surface area contributed by atoms with Gasteiger partial charge in [0, 0.05) is 5.92 Å². The fourth-order valence-electron chi connectivity index (χ4n) is 2.39. The summed E-state index contributed by atoms with van der Waals surface area (Å²) in [5.74, 6) is 3.04. The van der Waals surface area contributed by atoms with Crippen LogP contribution in [0.3, 0.4) is 0 Å². The first kappa shape index (κ1) is 11.7. The van der Waals surface area contributed by atoms with Gasteiger partial charge in [0.1, 0.15) is 6.29 Å². The second-order valence-corrected chi connectivity index (χ2v) is 5.70. The molecule has 1 heterocycles. The predicted octanol–water partition coefficient (Wildman–Crippen LogP) is 3.42. The summed E-state index contributed by atoms with van der Waals surface area (Å²) in [4.78, 5) is 11.3. The third kappa shape index (κ3) is 2.67. The van der Waals surface area contributed by atoms with Crippen molar-refractivity contribution in [3.05, 3.63) is 35.4 Å². The molecule has 86 valence electrons. The van der Waals surface area contributed by atoms with Crippen molar-refractivity contribution in [3.63, 3.8) is 0 Å². The molecular weight excluding hydrogens is 216 g/mol. The molecule has 1 aromatic carbocycles. The van der Waals surface area contributed by atoms with Crippen molar-refractivity contribution in [1.29, 1.82) is 0 Å². The van der Waals surface area contributed by atoms with E-state index in [1.807, 2.05) is 11.8 Å². The quantitative estimate of drug-likeness (QED) is 0.745. The third-order valence-electron chi connectivity index (χ3n) is 3.28. The van der Waals surface area contributed by atoms with Crippen LogP contribution in [-0.4, -0.2) is 17.8 Å². The van der Waals surface area contributed by atoms with Crippen molar-refractivity contribution in [1.82, 2.24) is 0 Å². The highest BCUT2D eigenvalue weighted by molar-refractivity contribution is 7.99. The van der Waals surface area contributed by atoms with Gasteiger partial charge in [-0.3, -0.25) is 0 Å². The van der Waals surface area contributed by atoms with Gasteiger partial charge in [-0.2, -0.15) is 11.8 Å². The lowest BCUT2D eigenvalue weighted by Crippen LogP contribution is -2.20. The minimum atomic E-state index is 0.104. The Morgan fingerprint density at radius 2 is 2.38 bits per heavy atom. The van der Waals surface area contributed by atoms with Crippen LogP contribution in [-0.2, 0) is 4.79 Å². The second kappa shape index (κ2) is 5.53. The molecule has 2 unspecified atom stereocenters. The molecule has 0 spiro atoms. The molecule has 0 bridgehead atoms. The minimum Gasteiger partial charge on any atom is -0.303 e. The molecule has 0 aromatic heterocycles. The number of aryl methyl sites for hydroxylation is 1. The van der Waals surface area contributed by atoms with Crippen LogP contribution in [0.25, 0.3) is 0 Å². The van der Waals surface area contributed by atoms with Crippen molar-refractivity contribution in [2.24, 2.45) is 5.92 Å². The first-order valence-electron chi connectivity index (χ1n) is 5.91. The third-order valence-corrected chi connectivity index (χ3v) is 4.52. The number of rotatable bonds is 3. The lowest BCUT2D eigenvalue weighted by atomic mass is 9.85. The smallest absolute Gasteiger partial charge is 0.127 e. The molecule has 0 aliphatic carbocycles. The standard InChI is InChI=1S/C14H18OS/c1-11-4-2-5-12(8-11)14(9-15)13-6-3-7-16-10-13/h2,4-5,8-9,13-14H,3,6-7,10H2,1H3. The van der Waals surface area contributed by atoms with E-state index in [2.05, 4.69) is 31.2 Å². The zero-order valence-corrected chi connectivity index (χ0v) is 10.5. The molecule has 1 aromatic rings. The summed E-state index contributed by atoms with van der Waals surface area (Å²) in [7, 11) is 0. The van der Waals surface area contributed by atoms with E-state index < -0.39 is 0 Å². The van der Waals surface area contributed by atoms with Crippen molar-refractivity contribution in [2.75, 3.05) is 11.5 Å². The SMILES string of the molecule is Cc1cccc(C(C=O)C2CCCSC2)c1. The molecular formula is C14H18OS. The number of hydrogen-bond acceptors (Lipinski definition) is 2.